The van der Waals surface area contributed by atoms with Crippen molar-refractivity contribution in [3.63, 3.8) is 0 Å². The molecule has 108 valence electrons. The van der Waals surface area contributed by atoms with Gasteiger partial charge in [0.1, 0.15) is 0 Å². The Bertz CT molecular complexity index is 474. The normalized spacial score (nSPS) is 22.6. The van der Waals surface area contributed by atoms with E-state index < -0.39 is 23.8 Å². The molecular formula is C15H19NO4. The molecule has 0 radical (unpaired) electrons. The van der Waals surface area contributed by atoms with Gasteiger partial charge in [0.2, 0.25) is 0 Å². The molecule has 1 heterocycles. The van der Waals surface area contributed by atoms with Crippen LogP contribution in [0, 0.1) is 11.8 Å². The lowest BCUT2D eigenvalue weighted by Crippen LogP contribution is -2.29. The van der Waals surface area contributed by atoms with Gasteiger partial charge in [0, 0.05) is 19.6 Å². The standard InChI is InChI=1S/C15H19NO4/c1-2-20-15(19)13-10-16(9-12(13)14(17)18)8-11-6-4-3-5-7-11/h3-7,12-13H,2,8-10H2,1H3,(H,17,18)/t12-,13-/m1/s1. The van der Waals surface area contributed by atoms with Gasteiger partial charge in [0.25, 0.3) is 0 Å². The Labute approximate surface area is 118 Å². The highest BCUT2D eigenvalue weighted by atomic mass is 16.5. The molecule has 2 rings (SSSR count). The van der Waals surface area contributed by atoms with Crippen LogP contribution in [0.3, 0.4) is 0 Å². The van der Waals surface area contributed by atoms with Crippen molar-refractivity contribution in [1.29, 1.82) is 0 Å². The number of hydrogen-bond acceptors (Lipinski definition) is 4. The number of carbonyl (C=O) groups is 2. The number of benzene rings is 1. The van der Waals surface area contributed by atoms with E-state index in [1.807, 2.05) is 35.2 Å². The van der Waals surface area contributed by atoms with Gasteiger partial charge in [-0.3, -0.25) is 14.5 Å². The van der Waals surface area contributed by atoms with E-state index in [0.29, 0.717) is 19.6 Å². The van der Waals surface area contributed by atoms with E-state index in [4.69, 9.17) is 4.74 Å². The quantitative estimate of drug-likeness (QED) is 0.824. The number of carboxylic acids is 1. The summed E-state index contributed by atoms with van der Waals surface area (Å²) in [7, 11) is 0. The molecule has 0 saturated carbocycles. The van der Waals surface area contributed by atoms with Gasteiger partial charge in [-0.1, -0.05) is 30.3 Å². The third-order valence-electron chi connectivity index (χ3n) is 3.55. The van der Waals surface area contributed by atoms with Crippen LogP contribution < -0.4 is 0 Å². The smallest absolute Gasteiger partial charge is 0.311 e. The van der Waals surface area contributed by atoms with Gasteiger partial charge in [-0.2, -0.15) is 0 Å². The van der Waals surface area contributed by atoms with Crippen molar-refractivity contribution in [2.45, 2.75) is 13.5 Å². The minimum absolute atomic E-state index is 0.278. The van der Waals surface area contributed by atoms with Crippen molar-refractivity contribution in [2.24, 2.45) is 11.8 Å². The number of esters is 1. The average molecular weight is 277 g/mol. The maximum absolute atomic E-state index is 11.8. The Morgan fingerprint density at radius 3 is 2.50 bits per heavy atom. The summed E-state index contributed by atoms with van der Waals surface area (Å²) in [4.78, 5) is 25.1. The van der Waals surface area contributed by atoms with Crippen molar-refractivity contribution in [3.8, 4) is 0 Å². The Morgan fingerprint density at radius 1 is 1.25 bits per heavy atom. The zero-order valence-corrected chi connectivity index (χ0v) is 11.5. The molecule has 1 fully saturated rings. The Morgan fingerprint density at radius 2 is 1.90 bits per heavy atom. The maximum atomic E-state index is 11.8. The van der Waals surface area contributed by atoms with Crippen molar-refractivity contribution >= 4 is 11.9 Å². The molecule has 0 bridgehead atoms. The minimum atomic E-state index is -0.932. The van der Waals surface area contributed by atoms with Crippen LogP contribution >= 0.6 is 0 Å². The molecule has 20 heavy (non-hydrogen) atoms. The predicted molar refractivity (Wildman–Crippen MR) is 73.0 cm³/mol. The van der Waals surface area contributed by atoms with Gasteiger partial charge in [0.05, 0.1) is 18.4 Å². The highest BCUT2D eigenvalue weighted by Gasteiger charge is 2.42. The van der Waals surface area contributed by atoms with Crippen LogP contribution in [-0.4, -0.2) is 41.6 Å². The summed E-state index contributed by atoms with van der Waals surface area (Å²) in [5.41, 5.74) is 1.11. The molecule has 1 N–H and O–H groups in total. The van der Waals surface area contributed by atoms with Crippen LogP contribution in [0.2, 0.25) is 0 Å². The minimum Gasteiger partial charge on any atom is -0.481 e. The second-order valence-electron chi connectivity index (χ2n) is 4.98. The van der Waals surface area contributed by atoms with Gasteiger partial charge < -0.3 is 9.84 Å². The third-order valence-corrected chi connectivity index (χ3v) is 3.55. The van der Waals surface area contributed by atoms with E-state index in [0.717, 1.165) is 5.56 Å². The number of aliphatic carboxylic acids is 1. The Hall–Kier alpha value is -1.88. The summed E-state index contributed by atoms with van der Waals surface area (Å²) in [5.74, 6) is -2.59. The van der Waals surface area contributed by atoms with Gasteiger partial charge in [-0.05, 0) is 12.5 Å². The van der Waals surface area contributed by atoms with E-state index >= 15 is 0 Å². The molecule has 0 spiro atoms. The van der Waals surface area contributed by atoms with Crippen LogP contribution in [-0.2, 0) is 20.9 Å². The highest BCUT2D eigenvalue weighted by molar-refractivity contribution is 5.82. The fourth-order valence-electron chi connectivity index (χ4n) is 2.59. The maximum Gasteiger partial charge on any atom is 0.311 e. The monoisotopic (exact) mass is 277 g/mol. The summed E-state index contributed by atoms with van der Waals surface area (Å²) >= 11 is 0. The van der Waals surface area contributed by atoms with Crippen LogP contribution in [0.25, 0.3) is 0 Å². The third kappa shape index (κ3) is 3.36. The molecule has 1 aliphatic rings. The molecule has 1 saturated heterocycles. The number of carboxylic acid groups (broad SMARTS) is 1. The summed E-state index contributed by atoms with van der Waals surface area (Å²) in [6.07, 6.45) is 0. The summed E-state index contributed by atoms with van der Waals surface area (Å²) < 4.78 is 4.98. The number of ether oxygens (including phenoxy) is 1. The van der Waals surface area contributed by atoms with Gasteiger partial charge in [0.15, 0.2) is 0 Å². The molecule has 5 heteroatoms. The molecule has 1 aromatic rings. The lowest BCUT2D eigenvalue weighted by Gasteiger charge is -2.15. The van der Waals surface area contributed by atoms with E-state index in [9.17, 15) is 14.7 Å². The molecule has 1 aromatic carbocycles. The molecule has 1 aliphatic heterocycles. The molecular weight excluding hydrogens is 258 g/mol. The molecule has 0 unspecified atom stereocenters. The van der Waals surface area contributed by atoms with Crippen LogP contribution in [0.15, 0.2) is 30.3 Å². The highest BCUT2D eigenvalue weighted by Crippen LogP contribution is 2.26. The van der Waals surface area contributed by atoms with Crippen LogP contribution in [0.1, 0.15) is 12.5 Å². The lowest BCUT2D eigenvalue weighted by atomic mass is 9.96. The first kappa shape index (κ1) is 14.5. The lowest BCUT2D eigenvalue weighted by molar-refractivity contribution is -0.155. The summed E-state index contributed by atoms with van der Waals surface area (Å²) in [6, 6.07) is 9.82. The first-order valence-electron chi connectivity index (χ1n) is 6.77. The van der Waals surface area contributed by atoms with Crippen molar-refractivity contribution < 1.29 is 19.4 Å². The van der Waals surface area contributed by atoms with Crippen molar-refractivity contribution in [2.75, 3.05) is 19.7 Å². The molecule has 2 atom stereocenters. The Kier molecular flexibility index (Phi) is 4.74. The van der Waals surface area contributed by atoms with E-state index in [2.05, 4.69) is 0 Å². The SMILES string of the molecule is CCOC(=O)[C@@H]1CN(Cc2ccccc2)C[C@H]1C(=O)O. The Balaban J connectivity index is 2.04. The second-order valence-corrected chi connectivity index (χ2v) is 4.98. The first-order chi connectivity index (χ1) is 9.61. The van der Waals surface area contributed by atoms with Gasteiger partial charge in [-0.15, -0.1) is 0 Å². The fraction of sp³-hybridized carbons (Fsp3) is 0.467. The number of nitrogens with zero attached hydrogens (tertiary/aromatic N) is 1. The second kappa shape index (κ2) is 6.52. The van der Waals surface area contributed by atoms with Crippen molar-refractivity contribution in [3.05, 3.63) is 35.9 Å². The summed E-state index contributed by atoms with van der Waals surface area (Å²) in [5, 5.41) is 9.25. The zero-order valence-electron chi connectivity index (χ0n) is 11.5. The first-order valence-corrected chi connectivity index (χ1v) is 6.77. The fourth-order valence-corrected chi connectivity index (χ4v) is 2.59. The molecule has 0 aromatic heterocycles. The van der Waals surface area contributed by atoms with E-state index in [1.165, 1.54) is 0 Å². The largest absolute Gasteiger partial charge is 0.481 e. The average Bonchev–Trinajstić information content (AvgIpc) is 2.84. The molecule has 0 aliphatic carbocycles. The van der Waals surface area contributed by atoms with E-state index in [1.54, 1.807) is 6.92 Å². The van der Waals surface area contributed by atoms with Crippen LogP contribution in [0.4, 0.5) is 0 Å². The number of carbonyl (C=O) groups excluding carboxylic acids is 1. The van der Waals surface area contributed by atoms with Crippen LogP contribution in [0.5, 0.6) is 0 Å². The molecule has 0 amide bonds. The number of rotatable bonds is 5. The number of likely N-dealkylation sites (tertiary alicyclic amines) is 1. The molecule has 5 nitrogen and oxygen atoms in total. The summed E-state index contributed by atoms with van der Waals surface area (Å²) in [6.45, 7) is 3.48. The van der Waals surface area contributed by atoms with E-state index in [-0.39, 0.29) is 6.61 Å². The predicted octanol–water partition coefficient (Wildman–Crippen LogP) is 1.38. The van der Waals surface area contributed by atoms with Crippen molar-refractivity contribution in [1.82, 2.24) is 4.90 Å². The van der Waals surface area contributed by atoms with Gasteiger partial charge in [-0.25, -0.2) is 0 Å². The zero-order chi connectivity index (χ0) is 14.5. The topological polar surface area (TPSA) is 66.8 Å². The number of hydrogen-bond donors (Lipinski definition) is 1. The van der Waals surface area contributed by atoms with Gasteiger partial charge >= 0.3 is 11.9 Å².